The molecule has 9 heteroatoms. The standard InChI is InChI=1S/C13H25N5O2S2/c14-12-16-13(18-17-12)22-5-8-4-21-11(15-8)7-1-2-9-10(3-7)20-6-19-9/h7-13,15-18H,1-6,14H2. The molecule has 0 aromatic rings. The molecule has 3 saturated heterocycles. The Labute approximate surface area is 139 Å². The van der Waals surface area contributed by atoms with Crippen molar-refractivity contribution in [2.24, 2.45) is 11.7 Å². The van der Waals surface area contributed by atoms with Crippen LogP contribution in [0.1, 0.15) is 19.3 Å². The molecule has 0 spiro atoms. The molecule has 22 heavy (non-hydrogen) atoms. The predicted octanol–water partition coefficient (Wildman–Crippen LogP) is -0.484. The Kier molecular flexibility index (Phi) is 5.15. The molecule has 0 radical (unpaired) electrons. The topological polar surface area (TPSA) is 92.6 Å². The lowest BCUT2D eigenvalue weighted by Crippen LogP contribution is -2.42. The van der Waals surface area contributed by atoms with E-state index in [0.717, 1.165) is 18.6 Å². The van der Waals surface area contributed by atoms with Gasteiger partial charge in [-0.2, -0.15) is 0 Å². The SMILES string of the molecule is NC1NNC(SCC2CSC(C3CCC4OCOC4C3)N2)N1. The first-order valence-electron chi connectivity index (χ1n) is 8.03. The molecule has 7 nitrogen and oxygen atoms in total. The first-order chi connectivity index (χ1) is 10.8. The van der Waals surface area contributed by atoms with Crippen LogP contribution in [-0.4, -0.2) is 53.7 Å². The fourth-order valence-corrected chi connectivity index (χ4v) is 6.26. The molecule has 3 heterocycles. The van der Waals surface area contributed by atoms with Gasteiger partial charge in [0.05, 0.1) is 17.6 Å². The molecule has 4 aliphatic rings. The summed E-state index contributed by atoms with van der Waals surface area (Å²) in [6.07, 6.45) is 4.06. The van der Waals surface area contributed by atoms with Crippen molar-refractivity contribution >= 4 is 23.5 Å². The van der Waals surface area contributed by atoms with Gasteiger partial charge in [0.25, 0.3) is 0 Å². The molecule has 7 unspecified atom stereocenters. The van der Waals surface area contributed by atoms with Crippen LogP contribution >= 0.6 is 23.5 Å². The van der Waals surface area contributed by atoms with E-state index in [9.17, 15) is 0 Å². The Bertz CT molecular complexity index is 393. The van der Waals surface area contributed by atoms with E-state index in [2.05, 4.69) is 33.2 Å². The minimum absolute atomic E-state index is 0.153. The molecule has 1 saturated carbocycles. The van der Waals surface area contributed by atoms with E-state index in [1.54, 1.807) is 0 Å². The van der Waals surface area contributed by atoms with Gasteiger partial charge in [-0.15, -0.1) is 23.5 Å². The van der Waals surface area contributed by atoms with E-state index in [4.69, 9.17) is 15.2 Å². The number of nitrogens with one attached hydrogen (secondary N) is 4. The fraction of sp³-hybridized carbons (Fsp3) is 1.00. The van der Waals surface area contributed by atoms with Gasteiger partial charge in [-0.25, -0.2) is 10.9 Å². The van der Waals surface area contributed by atoms with Crippen molar-refractivity contribution in [3.05, 3.63) is 0 Å². The molecule has 3 aliphatic heterocycles. The summed E-state index contributed by atoms with van der Waals surface area (Å²) in [4.78, 5) is 0. The van der Waals surface area contributed by atoms with Crippen LogP contribution in [0.5, 0.6) is 0 Å². The van der Waals surface area contributed by atoms with Gasteiger partial charge >= 0.3 is 0 Å². The average molecular weight is 348 g/mol. The molecule has 0 aromatic carbocycles. The highest BCUT2D eigenvalue weighted by Gasteiger charge is 2.40. The Balaban J connectivity index is 1.21. The van der Waals surface area contributed by atoms with Crippen LogP contribution < -0.4 is 27.2 Å². The lowest BCUT2D eigenvalue weighted by Gasteiger charge is -2.33. The summed E-state index contributed by atoms with van der Waals surface area (Å²) in [6.45, 7) is 0.490. The summed E-state index contributed by atoms with van der Waals surface area (Å²) in [7, 11) is 0. The minimum atomic E-state index is -0.153. The number of hydrogen-bond donors (Lipinski definition) is 5. The van der Waals surface area contributed by atoms with Crippen molar-refractivity contribution in [1.82, 2.24) is 21.5 Å². The van der Waals surface area contributed by atoms with Crippen LogP contribution in [-0.2, 0) is 9.47 Å². The molecule has 7 atom stereocenters. The maximum atomic E-state index is 5.73. The normalized spacial score (nSPS) is 48.7. The molecule has 0 aromatic heterocycles. The number of hydrazine groups is 1. The van der Waals surface area contributed by atoms with Crippen molar-refractivity contribution in [2.45, 2.75) is 54.7 Å². The Morgan fingerprint density at radius 2 is 2.05 bits per heavy atom. The van der Waals surface area contributed by atoms with Gasteiger partial charge < -0.3 is 20.5 Å². The van der Waals surface area contributed by atoms with Crippen LogP contribution in [0.2, 0.25) is 0 Å². The van der Waals surface area contributed by atoms with E-state index in [0.29, 0.717) is 36.3 Å². The van der Waals surface area contributed by atoms with Crippen molar-refractivity contribution in [1.29, 1.82) is 0 Å². The molecule has 126 valence electrons. The molecular weight excluding hydrogens is 322 g/mol. The monoisotopic (exact) mass is 347 g/mol. The van der Waals surface area contributed by atoms with Gasteiger partial charge in [0.15, 0.2) is 0 Å². The molecule has 0 amide bonds. The molecular formula is C13H25N5O2S2. The maximum Gasteiger partial charge on any atom is 0.147 e. The third-order valence-corrected chi connectivity index (χ3v) is 7.46. The van der Waals surface area contributed by atoms with Crippen LogP contribution in [0.15, 0.2) is 0 Å². The zero-order valence-electron chi connectivity index (χ0n) is 12.5. The highest BCUT2D eigenvalue weighted by atomic mass is 32.2. The van der Waals surface area contributed by atoms with Crippen molar-refractivity contribution in [2.75, 3.05) is 18.3 Å². The number of fused-ring (bicyclic) bond motifs is 1. The van der Waals surface area contributed by atoms with Gasteiger partial charge in [0.1, 0.15) is 18.6 Å². The summed E-state index contributed by atoms with van der Waals surface area (Å²) in [5, 5.41) is 7.62. The van der Waals surface area contributed by atoms with E-state index in [-0.39, 0.29) is 11.8 Å². The average Bonchev–Trinajstić information content (AvgIpc) is 3.24. The van der Waals surface area contributed by atoms with Gasteiger partial charge in [0, 0.05) is 17.5 Å². The second-order valence-electron chi connectivity index (χ2n) is 6.37. The second kappa shape index (κ2) is 7.12. The lowest BCUT2D eigenvalue weighted by atomic mass is 9.85. The highest BCUT2D eigenvalue weighted by molar-refractivity contribution is 8.01. The summed E-state index contributed by atoms with van der Waals surface area (Å²) >= 11 is 3.94. The smallest absolute Gasteiger partial charge is 0.147 e. The van der Waals surface area contributed by atoms with Gasteiger partial charge in [-0.3, -0.25) is 5.32 Å². The van der Waals surface area contributed by atoms with Gasteiger partial charge in [-0.05, 0) is 25.2 Å². The van der Waals surface area contributed by atoms with Crippen LogP contribution in [0.4, 0.5) is 0 Å². The number of hydrogen-bond acceptors (Lipinski definition) is 9. The third-order valence-electron chi connectivity index (χ3n) is 4.81. The van der Waals surface area contributed by atoms with E-state index >= 15 is 0 Å². The van der Waals surface area contributed by atoms with Crippen LogP contribution in [0.25, 0.3) is 0 Å². The number of nitrogens with two attached hydrogens (primary N) is 1. The fourth-order valence-electron chi connectivity index (χ4n) is 3.62. The molecule has 6 N–H and O–H groups in total. The summed E-state index contributed by atoms with van der Waals surface area (Å²) in [5.41, 5.74) is 12.0. The zero-order valence-corrected chi connectivity index (χ0v) is 14.1. The number of thioether (sulfide) groups is 2. The number of rotatable bonds is 4. The van der Waals surface area contributed by atoms with Crippen LogP contribution in [0.3, 0.4) is 0 Å². The second-order valence-corrected chi connectivity index (χ2v) is 8.68. The first-order valence-corrected chi connectivity index (χ1v) is 10.1. The molecule has 4 fully saturated rings. The van der Waals surface area contributed by atoms with Crippen LogP contribution in [0, 0.1) is 5.92 Å². The minimum Gasteiger partial charge on any atom is -0.349 e. The van der Waals surface area contributed by atoms with E-state index < -0.39 is 0 Å². The quantitative estimate of drug-likeness (QED) is 0.462. The van der Waals surface area contributed by atoms with E-state index in [1.165, 1.54) is 12.2 Å². The maximum absolute atomic E-state index is 5.73. The van der Waals surface area contributed by atoms with Gasteiger partial charge in [-0.1, -0.05) is 0 Å². The van der Waals surface area contributed by atoms with Crippen molar-refractivity contribution in [3.8, 4) is 0 Å². The van der Waals surface area contributed by atoms with Gasteiger partial charge in [0.2, 0.25) is 0 Å². The first kappa shape index (κ1) is 15.9. The zero-order chi connectivity index (χ0) is 14.9. The number of ether oxygens (including phenoxy) is 2. The third kappa shape index (κ3) is 3.57. The Morgan fingerprint density at radius 3 is 2.91 bits per heavy atom. The Hall–Kier alpha value is 0.420. The molecule has 0 bridgehead atoms. The predicted molar refractivity (Wildman–Crippen MR) is 88.8 cm³/mol. The largest absolute Gasteiger partial charge is 0.349 e. The van der Waals surface area contributed by atoms with Crippen molar-refractivity contribution in [3.63, 3.8) is 0 Å². The summed E-state index contributed by atoms with van der Waals surface area (Å²) in [5.74, 6) is 2.98. The van der Waals surface area contributed by atoms with E-state index in [1.807, 2.05) is 11.8 Å². The lowest BCUT2D eigenvalue weighted by molar-refractivity contribution is 0.0387. The molecule has 1 aliphatic carbocycles. The Morgan fingerprint density at radius 1 is 1.14 bits per heavy atom. The summed E-state index contributed by atoms with van der Waals surface area (Å²) < 4.78 is 11.3. The molecule has 4 rings (SSSR count). The van der Waals surface area contributed by atoms with Crippen molar-refractivity contribution < 1.29 is 9.47 Å². The highest BCUT2D eigenvalue weighted by Crippen LogP contribution is 2.39. The summed E-state index contributed by atoms with van der Waals surface area (Å²) in [6, 6.07) is 0.568.